The van der Waals surface area contributed by atoms with Gasteiger partial charge >= 0.3 is 0 Å². The van der Waals surface area contributed by atoms with Gasteiger partial charge in [0, 0.05) is 89.9 Å². The van der Waals surface area contributed by atoms with E-state index in [9.17, 15) is 14.4 Å². The van der Waals surface area contributed by atoms with Gasteiger partial charge in [-0.25, -0.2) is 4.98 Å². The van der Waals surface area contributed by atoms with E-state index in [1.165, 1.54) is 12.0 Å². The molecular formula is C42H59Cl3N8O5. The minimum atomic E-state index is -0.774. The van der Waals surface area contributed by atoms with Gasteiger partial charge in [0.25, 0.3) is 11.8 Å². The maximum absolute atomic E-state index is 14.2. The summed E-state index contributed by atoms with van der Waals surface area (Å²) < 4.78 is 12.1. The van der Waals surface area contributed by atoms with Gasteiger partial charge in [0.1, 0.15) is 17.3 Å². The predicted octanol–water partition coefficient (Wildman–Crippen LogP) is 5.69. The van der Waals surface area contributed by atoms with Crippen LogP contribution in [0.1, 0.15) is 57.8 Å². The number of imidazole rings is 1. The second-order valence-corrected chi connectivity index (χ2v) is 14.9. The number of anilines is 1. The van der Waals surface area contributed by atoms with Crippen molar-refractivity contribution in [3.63, 3.8) is 0 Å². The number of hydrogen-bond donors (Lipinski definition) is 2. The summed E-state index contributed by atoms with van der Waals surface area (Å²) in [6, 6.07) is 14.9. The number of unbranched alkanes of at least 4 members (excludes halogenated alkanes) is 2. The molecule has 3 amide bonds. The summed E-state index contributed by atoms with van der Waals surface area (Å²) in [7, 11) is 7.36. The number of halogens is 3. The topological polar surface area (TPSA) is 141 Å². The lowest BCUT2D eigenvalue weighted by atomic mass is 9.95. The highest BCUT2D eigenvalue weighted by Crippen LogP contribution is 2.39. The number of amides is 3. The number of carbonyl (C=O) groups excluding carboxylic acids is 3. The Balaban J connectivity index is 0.00000300. The smallest absolute Gasteiger partial charge is 0.259 e. The zero-order chi connectivity index (χ0) is 39.1. The number of nitrogens with one attached hydrogen (secondary N) is 1. The zero-order valence-electron chi connectivity index (χ0n) is 34.3. The third-order valence-corrected chi connectivity index (χ3v) is 10.9. The van der Waals surface area contributed by atoms with Crippen LogP contribution in [-0.2, 0) is 11.2 Å². The van der Waals surface area contributed by atoms with Crippen LogP contribution in [0.5, 0.6) is 11.5 Å². The predicted molar refractivity (Wildman–Crippen MR) is 238 cm³/mol. The number of aryl methyl sites for hydroxylation is 1. The summed E-state index contributed by atoms with van der Waals surface area (Å²) in [5.74, 6) is 0.670. The maximum Gasteiger partial charge on any atom is 0.259 e. The third-order valence-electron chi connectivity index (χ3n) is 10.9. The second-order valence-electron chi connectivity index (χ2n) is 14.9. The van der Waals surface area contributed by atoms with E-state index < -0.39 is 11.8 Å². The van der Waals surface area contributed by atoms with Crippen molar-refractivity contribution in [3.8, 4) is 22.6 Å². The Morgan fingerprint density at radius 1 is 0.862 bits per heavy atom. The first kappa shape index (κ1) is 48.3. The summed E-state index contributed by atoms with van der Waals surface area (Å²) in [5, 5.41) is 0. The van der Waals surface area contributed by atoms with E-state index >= 15 is 0 Å². The lowest BCUT2D eigenvalue weighted by Gasteiger charge is -2.32. The zero-order valence-corrected chi connectivity index (χ0v) is 36.7. The number of H-pyrrole nitrogens is 1. The number of piperazine rings is 2. The average Bonchev–Trinajstić information content (AvgIpc) is 3.61. The van der Waals surface area contributed by atoms with Crippen LogP contribution in [0, 0.1) is 6.92 Å². The lowest BCUT2D eigenvalue weighted by molar-refractivity contribution is -0.132. The molecule has 16 heteroatoms. The van der Waals surface area contributed by atoms with Crippen molar-refractivity contribution < 1.29 is 23.9 Å². The lowest BCUT2D eigenvalue weighted by Crippen LogP contribution is -2.47. The van der Waals surface area contributed by atoms with Crippen LogP contribution in [0.15, 0.2) is 48.5 Å². The molecule has 0 bridgehead atoms. The van der Waals surface area contributed by atoms with Gasteiger partial charge in [0.2, 0.25) is 5.91 Å². The first-order valence-electron chi connectivity index (χ1n) is 19.4. The summed E-state index contributed by atoms with van der Waals surface area (Å²) in [6.45, 7) is 10.9. The van der Waals surface area contributed by atoms with Crippen LogP contribution in [-0.4, -0.2) is 141 Å². The Morgan fingerprint density at radius 3 is 2.22 bits per heavy atom. The molecule has 2 fully saturated rings. The molecule has 2 aliphatic rings. The van der Waals surface area contributed by atoms with Crippen molar-refractivity contribution in [2.24, 2.45) is 5.73 Å². The molecule has 0 unspecified atom stereocenters. The third kappa shape index (κ3) is 11.5. The highest BCUT2D eigenvalue weighted by molar-refractivity contribution is 6.15. The fraction of sp³-hybridized carbons (Fsp3) is 0.476. The molecule has 0 aliphatic carbocycles. The van der Waals surface area contributed by atoms with Gasteiger partial charge in [-0.15, -0.1) is 37.2 Å². The SMILES string of the molecule is COc1c(-c2cccc3[nH]c(CCN4CCN(C)CC4)nc23)ccc(C(=O)N(C)c2ccc(C)cc2OCCCCCC(=O)N2CCN(C)CC2)c1C(N)=O.Cl.Cl.Cl. The first-order valence-corrected chi connectivity index (χ1v) is 19.4. The van der Waals surface area contributed by atoms with E-state index in [2.05, 4.69) is 33.8 Å². The normalized spacial score (nSPS) is 14.9. The van der Waals surface area contributed by atoms with E-state index in [1.807, 2.05) is 48.2 Å². The molecule has 2 aliphatic heterocycles. The van der Waals surface area contributed by atoms with Gasteiger partial charge < -0.3 is 44.7 Å². The van der Waals surface area contributed by atoms with Crippen molar-refractivity contribution in [1.29, 1.82) is 0 Å². The van der Waals surface area contributed by atoms with Crippen LogP contribution in [0.2, 0.25) is 0 Å². The Hall–Kier alpha value is -4.11. The molecule has 58 heavy (non-hydrogen) atoms. The molecule has 0 atom stereocenters. The molecule has 6 rings (SSSR count). The Bertz CT molecular complexity index is 2000. The average molecular weight is 862 g/mol. The van der Waals surface area contributed by atoms with Crippen LogP contribution in [0.4, 0.5) is 5.69 Å². The number of nitrogens with two attached hydrogens (primary N) is 1. The quantitative estimate of drug-likeness (QED) is 0.144. The van der Waals surface area contributed by atoms with Crippen molar-refractivity contribution in [1.82, 2.24) is 29.6 Å². The molecular weight excluding hydrogens is 803 g/mol. The number of para-hydroxylation sites is 1. The van der Waals surface area contributed by atoms with Crippen LogP contribution >= 0.6 is 37.2 Å². The molecule has 0 saturated carbocycles. The van der Waals surface area contributed by atoms with Crippen molar-refractivity contribution in [3.05, 3.63) is 71.0 Å². The number of methoxy groups -OCH3 is 1. The summed E-state index contributed by atoms with van der Waals surface area (Å²) >= 11 is 0. The molecule has 2 saturated heterocycles. The number of benzene rings is 3. The number of ether oxygens (including phenoxy) is 2. The largest absolute Gasteiger partial charge is 0.495 e. The number of primary amides is 1. The van der Waals surface area contributed by atoms with E-state index in [0.717, 1.165) is 113 Å². The van der Waals surface area contributed by atoms with E-state index in [-0.39, 0.29) is 60.0 Å². The molecule has 0 spiro atoms. The second kappa shape index (κ2) is 22.3. The standard InChI is InChI=1S/C42H56N8O5.3ClH/c1-29-13-16-34(35(28-29)55-27-8-6-7-12-37(51)50-25-21-47(3)22-26-50)48(4)42(53)32-15-14-31(40(54-5)38(32)41(43)52)30-10-9-11-33-39(30)45-36(44-33)17-18-49-23-19-46(2)20-24-49;;;/h9-11,13-16,28H,6-8,12,17-27H2,1-5H3,(H2,43,52)(H,44,45);3*1H. The number of rotatable bonds is 15. The summed E-state index contributed by atoms with van der Waals surface area (Å²) in [5.41, 5.74) is 10.7. The number of aromatic nitrogens is 2. The number of hydrogen-bond acceptors (Lipinski definition) is 9. The van der Waals surface area contributed by atoms with Gasteiger partial charge in [-0.05, 0) is 76.2 Å². The van der Waals surface area contributed by atoms with Crippen molar-refractivity contribution in [2.75, 3.05) is 98.7 Å². The number of aromatic amines is 1. The minimum Gasteiger partial charge on any atom is -0.495 e. The van der Waals surface area contributed by atoms with Gasteiger partial charge in [0.15, 0.2) is 0 Å². The monoisotopic (exact) mass is 860 g/mol. The number of carbonyl (C=O) groups is 3. The van der Waals surface area contributed by atoms with Gasteiger partial charge in [-0.1, -0.05) is 18.2 Å². The van der Waals surface area contributed by atoms with Gasteiger partial charge in [-0.3, -0.25) is 14.4 Å². The molecule has 4 aromatic rings. The van der Waals surface area contributed by atoms with Gasteiger partial charge in [-0.2, -0.15) is 0 Å². The molecule has 318 valence electrons. The molecule has 1 aromatic heterocycles. The maximum atomic E-state index is 14.2. The molecule has 13 nitrogen and oxygen atoms in total. The highest BCUT2D eigenvalue weighted by atomic mass is 35.5. The fourth-order valence-electron chi connectivity index (χ4n) is 7.44. The fourth-order valence-corrected chi connectivity index (χ4v) is 7.44. The van der Waals surface area contributed by atoms with Crippen molar-refractivity contribution in [2.45, 2.75) is 39.0 Å². The molecule has 0 radical (unpaired) electrons. The van der Waals surface area contributed by atoms with Gasteiger partial charge in [0.05, 0.1) is 41.6 Å². The first-order chi connectivity index (χ1) is 26.5. The van der Waals surface area contributed by atoms with Crippen molar-refractivity contribution >= 4 is 71.7 Å². The number of fused-ring (bicyclic) bond motifs is 1. The van der Waals surface area contributed by atoms with Crippen LogP contribution in [0.3, 0.4) is 0 Å². The number of nitrogens with zero attached hydrogens (tertiary/aromatic N) is 6. The molecule has 3 aromatic carbocycles. The Kier molecular flexibility index (Phi) is 18.6. The highest BCUT2D eigenvalue weighted by Gasteiger charge is 2.28. The molecule has 3 N–H and O–H groups in total. The van der Waals surface area contributed by atoms with E-state index in [4.69, 9.17) is 20.2 Å². The molecule has 3 heterocycles. The minimum absolute atomic E-state index is 0. The Morgan fingerprint density at radius 2 is 1.55 bits per heavy atom. The van der Waals surface area contributed by atoms with Crippen LogP contribution in [0.25, 0.3) is 22.2 Å². The summed E-state index contributed by atoms with van der Waals surface area (Å²) in [6.07, 6.45) is 3.74. The number of likely N-dealkylation sites (N-methyl/N-ethyl adjacent to an activating group) is 2. The van der Waals surface area contributed by atoms with Crippen LogP contribution < -0.4 is 20.1 Å². The van der Waals surface area contributed by atoms with E-state index in [1.54, 1.807) is 19.2 Å². The Labute approximate surface area is 360 Å². The summed E-state index contributed by atoms with van der Waals surface area (Å²) in [4.78, 5) is 58.9. The van der Waals surface area contributed by atoms with E-state index in [0.29, 0.717) is 30.0 Å².